The zero-order valence-electron chi connectivity index (χ0n) is 16.6. The summed E-state index contributed by atoms with van der Waals surface area (Å²) in [6.07, 6.45) is -4.20. The number of ether oxygens (including phenoxy) is 1. The SMILES string of the molecule is [N-]=[N+]=NC[C@]12O[C@@H](n3cnc4c(N)ncnc43)[C@H](F)[C@@]1(O)C2OP(=O)(O)OP(=O)(O)OP(=O)(O)O. The van der Waals surface area contributed by atoms with E-state index in [4.69, 9.17) is 25.8 Å². The van der Waals surface area contributed by atoms with Gasteiger partial charge in [0.2, 0.25) is 0 Å². The van der Waals surface area contributed by atoms with E-state index in [1.165, 1.54) is 0 Å². The minimum absolute atomic E-state index is 0.0154. The average molecular weight is 562 g/mol. The first kappa shape index (κ1) is 26.0. The molecule has 2 aromatic rings. The molecule has 4 rings (SSSR count). The molecule has 1 saturated heterocycles. The summed E-state index contributed by atoms with van der Waals surface area (Å²) in [6, 6.07) is 0. The Morgan fingerprint density at radius 3 is 2.54 bits per heavy atom. The second kappa shape index (κ2) is 8.22. The largest absolute Gasteiger partial charge is 0.490 e. The van der Waals surface area contributed by atoms with Crippen LogP contribution in [0.4, 0.5) is 10.2 Å². The number of aliphatic hydroxyl groups is 1. The Balaban J connectivity index is 1.62. The van der Waals surface area contributed by atoms with Gasteiger partial charge >= 0.3 is 23.5 Å². The zero-order valence-corrected chi connectivity index (χ0v) is 19.3. The highest BCUT2D eigenvalue weighted by Crippen LogP contribution is 2.72. The summed E-state index contributed by atoms with van der Waals surface area (Å²) in [6.45, 7) is -0.860. The van der Waals surface area contributed by atoms with Crippen molar-refractivity contribution >= 4 is 40.4 Å². The summed E-state index contributed by atoms with van der Waals surface area (Å²) in [5, 5.41) is 14.1. The molecule has 3 unspecified atom stereocenters. The lowest BCUT2D eigenvalue weighted by Gasteiger charge is -2.24. The smallest absolute Gasteiger partial charge is 0.382 e. The molecule has 20 nitrogen and oxygen atoms in total. The van der Waals surface area contributed by atoms with Gasteiger partial charge in [0.1, 0.15) is 23.5 Å². The highest BCUT2D eigenvalue weighted by molar-refractivity contribution is 7.66. The Morgan fingerprint density at radius 1 is 1.23 bits per heavy atom. The van der Waals surface area contributed by atoms with Crippen LogP contribution in [0.2, 0.25) is 0 Å². The molecule has 35 heavy (non-hydrogen) atoms. The number of azide groups is 1. The summed E-state index contributed by atoms with van der Waals surface area (Å²) >= 11 is 0. The molecular weight excluding hydrogens is 548 g/mol. The van der Waals surface area contributed by atoms with Crippen LogP contribution in [0.3, 0.4) is 0 Å². The Morgan fingerprint density at radius 2 is 1.91 bits per heavy atom. The molecular formula is C11H14FN8O12P3. The van der Waals surface area contributed by atoms with Crippen molar-refractivity contribution in [2.45, 2.75) is 29.7 Å². The third-order valence-electron chi connectivity index (χ3n) is 5.10. The van der Waals surface area contributed by atoms with Crippen LogP contribution in [-0.2, 0) is 31.6 Å². The van der Waals surface area contributed by atoms with Gasteiger partial charge in [0.25, 0.3) is 0 Å². The van der Waals surface area contributed by atoms with Gasteiger partial charge in [0.05, 0.1) is 12.9 Å². The second-order valence-corrected chi connectivity index (χ2v) is 11.5. The number of nitrogen functional groups attached to an aromatic ring is 1. The van der Waals surface area contributed by atoms with E-state index in [-0.39, 0.29) is 17.0 Å². The van der Waals surface area contributed by atoms with Crippen molar-refractivity contribution in [3.05, 3.63) is 23.1 Å². The Labute approximate surface area is 191 Å². The van der Waals surface area contributed by atoms with E-state index in [0.717, 1.165) is 17.2 Å². The van der Waals surface area contributed by atoms with Crippen molar-refractivity contribution in [2.24, 2.45) is 5.11 Å². The molecule has 0 aromatic carbocycles. The minimum atomic E-state index is -5.90. The third-order valence-corrected chi connectivity index (χ3v) is 8.91. The fourth-order valence-electron chi connectivity index (χ4n) is 3.74. The lowest BCUT2D eigenvalue weighted by Crippen LogP contribution is -2.34. The first-order valence-corrected chi connectivity index (χ1v) is 13.4. The van der Waals surface area contributed by atoms with E-state index in [1.807, 2.05) is 0 Å². The van der Waals surface area contributed by atoms with Gasteiger partial charge in [-0.3, -0.25) is 9.09 Å². The summed E-state index contributed by atoms with van der Waals surface area (Å²) < 4.78 is 68.3. The first-order chi connectivity index (χ1) is 16.1. The van der Waals surface area contributed by atoms with Crippen LogP contribution in [0, 0.1) is 0 Å². The number of halogens is 1. The molecule has 2 aromatic heterocycles. The van der Waals surface area contributed by atoms with Gasteiger partial charge < -0.3 is 35.2 Å². The molecule has 1 aliphatic heterocycles. The van der Waals surface area contributed by atoms with Crippen molar-refractivity contribution in [1.29, 1.82) is 0 Å². The van der Waals surface area contributed by atoms with Crippen molar-refractivity contribution in [3.8, 4) is 0 Å². The third kappa shape index (κ3) is 4.36. The van der Waals surface area contributed by atoms with Gasteiger partial charge in [0, 0.05) is 4.91 Å². The van der Waals surface area contributed by atoms with Gasteiger partial charge in [-0.25, -0.2) is 33.0 Å². The molecule has 0 spiro atoms. The molecule has 24 heteroatoms. The van der Waals surface area contributed by atoms with Gasteiger partial charge in [-0.05, 0) is 5.53 Å². The summed E-state index contributed by atoms with van der Waals surface area (Å²) in [5.41, 5.74) is 9.28. The number of alkyl halides is 1. The van der Waals surface area contributed by atoms with Crippen molar-refractivity contribution in [2.75, 3.05) is 12.3 Å². The number of fused-ring (bicyclic) bond motifs is 2. The number of imidazole rings is 1. The Kier molecular flexibility index (Phi) is 6.11. The fraction of sp³-hybridized carbons (Fsp3) is 0.545. The monoisotopic (exact) mass is 562 g/mol. The van der Waals surface area contributed by atoms with Gasteiger partial charge in [-0.1, -0.05) is 5.11 Å². The van der Waals surface area contributed by atoms with E-state index in [0.29, 0.717) is 0 Å². The Bertz CT molecular complexity index is 1380. The van der Waals surface area contributed by atoms with E-state index >= 15 is 4.39 Å². The molecule has 7 N–H and O–H groups in total. The molecule has 7 atom stereocenters. The molecule has 2 aliphatic rings. The Hall–Kier alpha value is -2.08. The lowest BCUT2D eigenvalue weighted by molar-refractivity contribution is -0.0851. The summed E-state index contributed by atoms with van der Waals surface area (Å²) in [4.78, 5) is 50.2. The maximum absolute atomic E-state index is 15.5. The number of rotatable bonds is 9. The minimum Gasteiger partial charge on any atom is -0.382 e. The molecule has 3 heterocycles. The number of aromatic nitrogens is 4. The van der Waals surface area contributed by atoms with Crippen LogP contribution in [-0.4, -0.2) is 74.2 Å². The molecule has 0 radical (unpaired) electrons. The predicted octanol–water partition coefficient (Wildman–Crippen LogP) is -0.219. The molecule has 192 valence electrons. The van der Waals surface area contributed by atoms with Crippen molar-refractivity contribution in [1.82, 2.24) is 19.5 Å². The van der Waals surface area contributed by atoms with Gasteiger partial charge in [-0.15, -0.1) is 0 Å². The van der Waals surface area contributed by atoms with Crippen LogP contribution in [0.25, 0.3) is 21.6 Å². The summed E-state index contributed by atoms with van der Waals surface area (Å²) in [7, 11) is -17.4. The van der Waals surface area contributed by atoms with Crippen LogP contribution < -0.4 is 5.73 Å². The molecule has 2 fully saturated rings. The average Bonchev–Trinajstić information content (AvgIpc) is 2.99. The normalized spacial score (nSPS) is 33.5. The topological polar surface area (TPSA) is 308 Å². The van der Waals surface area contributed by atoms with E-state index in [9.17, 15) is 28.6 Å². The number of hydrogen-bond acceptors (Lipinski definition) is 13. The second-order valence-electron chi connectivity index (χ2n) is 7.17. The number of nitrogens with two attached hydrogens (primary N) is 1. The van der Waals surface area contributed by atoms with Crippen LogP contribution in [0.15, 0.2) is 17.8 Å². The number of hydrogen-bond donors (Lipinski definition) is 6. The zero-order chi connectivity index (χ0) is 26.0. The molecule has 0 bridgehead atoms. The lowest BCUT2D eigenvalue weighted by atomic mass is 10.1. The van der Waals surface area contributed by atoms with Crippen molar-refractivity contribution < 1.29 is 60.6 Å². The maximum Gasteiger partial charge on any atom is 0.490 e. The first-order valence-electron chi connectivity index (χ1n) is 8.87. The maximum atomic E-state index is 15.5. The predicted molar refractivity (Wildman–Crippen MR) is 105 cm³/mol. The van der Waals surface area contributed by atoms with E-state index in [2.05, 4.69) is 38.1 Å². The number of anilines is 1. The number of nitrogens with zero attached hydrogens (tertiary/aromatic N) is 7. The number of phosphoric acid groups is 3. The molecule has 0 amide bonds. The van der Waals surface area contributed by atoms with Crippen LogP contribution in [0.5, 0.6) is 0 Å². The summed E-state index contributed by atoms with van der Waals surface area (Å²) in [5.74, 6) is -0.0552. The molecule has 1 saturated carbocycles. The highest BCUT2D eigenvalue weighted by atomic mass is 31.3. The van der Waals surface area contributed by atoms with Gasteiger partial charge in [0.15, 0.2) is 29.5 Å². The number of phosphoric ester groups is 1. The van der Waals surface area contributed by atoms with E-state index < -0.39 is 59.7 Å². The van der Waals surface area contributed by atoms with Crippen molar-refractivity contribution in [3.63, 3.8) is 0 Å². The molecule has 1 aliphatic carbocycles. The van der Waals surface area contributed by atoms with Gasteiger partial charge in [-0.2, -0.15) is 8.62 Å². The fourth-order valence-corrected chi connectivity index (χ4v) is 7.00. The quantitative estimate of drug-likeness (QED) is 0.0995. The van der Waals surface area contributed by atoms with Crippen LogP contribution in [0.1, 0.15) is 6.23 Å². The van der Waals surface area contributed by atoms with Crippen LogP contribution >= 0.6 is 23.5 Å². The van der Waals surface area contributed by atoms with E-state index in [1.54, 1.807) is 0 Å². The highest BCUT2D eigenvalue weighted by Gasteiger charge is 2.90. The standard InChI is InChI=1S/C11H14FN8O12P3/c12-5-8(20-3-17-4-6(13)15-2-16-7(4)20)29-10(1-18-19-14)9(11(5,10)21)30-34(25,26)32-35(27,28)31-33(22,23)24/h2-3,5,8-9,21H,1H2,(H,25,26)(H,27,28)(H2,13,15,16)(H2,22,23,24)/t5-,8+,9?,10+,11+/m0/s1.